The van der Waals surface area contributed by atoms with Crippen molar-refractivity contribution >= 4 is 11.4 Å². The van der Waals surface area contributed by atoms with Gasteiger partial charge in [-0.1, -0.05) is 0 Å². The predicted molar refractivity (Wildman–Crippen MR) is 131 cm³/mol. The first kappa shape index (κ1) is 30.1. The Kier molecular flexibility index (Phi) is 6.52. The lowest BCUT2D eigenvalue weighted by molar-refractivity contribution is 0.390. The summed E-state index contributed by atoms with van der Waals surface area (Å²) in [5.74, 6) is -29.0. The van der Waals surface area contributed by atoms with Gasteiger partial charge in [0.25, 0.3) is 0 Å². The van der Waals surface area contributed by atoms with Gasteiger partial charge in [0.15, 0.2) is 46.5 Å². The Morgan fingerprint density at radius 2 is 0.558 bits per heavy atom. The van der Waals surface area contributed by atoms with Crippen molar-refractivity contribution < 1.29 is 52.7 Å². The van der Waals surface area contributed by atoms with Gasteiger partial charge < -0.3 is 11.5 Å². The standard InChI is InChI=1S/C29H16F12N2/c1-5-15(30)13(16(31)6(2)27(5)42)29(14-17(32)7(3)28(43)8(4)18(14)33)11-9(19(34)23(38)25(40)21(11)36)10-12(29)22(37)26(41)24(39)20(10)35/h42-43H2,1-4H3. The second-order valence-electron chi connectivity index (χ2n) is 10.1. The van der Waals surface area contributed by atoms with Crippen molar-refractivity contribution in [2.24, 2.45) is 0 Å². The highest BCUT2D eigenvalue weighted by atomic mass is 19.2. The zero-order valence-electron chi connectivity index (χ0n) is 22.2. The molecule has 0 bridgehead atoms. The third-order valence-corrected chi connectivity index (χ3v) is 8.10. The van der Waals surface area contributed by atoms with E-state index < -0.39 is 142 Å². The van der Waals surface area contributed by atoms with Crippen LogP contribution in [0.25, 0.3) is 11.1 Å². The Morgan fingerprint density at radius 3 is 0.814 bits per heavy atom. The molecule has 0 heterocycles. The molecule has 0 fully saturated rings. The summed E-state index contributed by atoms with van der Waals surface area (Å²) in [6.45, 7) is 3.51. The van der Waals surface area contributed by atoms with Gasteiger partial charge in [0.05, 0.1) is 5.41 Å². The van der Waals surface area contributed by atoms with Crippen LogP contribution in [-0.2, 0) is 5.41 Å². The maximum Gasteiger partial charge on any atom is 0.198 e. The quantitative estimate of drug-likeness (QED) is 0.0907. The summed E-state index contributed by atoms with van der Waals surface area (Å²) >= 11 is 0. The topological polar surface area (TPSA) is 52.0 Å². The average Bonchev–Trinajstić information content (AvgIpc) is 3.28. The second kappa shape index (κ2) is 9.32. The van der Waals surface area contributed by atoms with Crippen LogP contribution in [0, 0.1) is 97.5 Å². The Bertz CT molecular complexity index is 1770. The van der Waals surface area contributed by atoms with Gasteiger partial charge in [0, 0.05) is 67.0 Å². The lowest BCUT2D eigenvalue weighted by atomic mass is 9.65. The van der Waals surface area contributed by atoms with Crippen LogP contribution in [0.3, 0.4) is 0 Å². The maximum absolute atomic E-state index is 16.3. The van der Waals surface area contributed by atoms with Crippen LogP contribution >= 0.6 is 0 Å². The number of fused-ring (bicyclic) bond motifs is 3. The number of rotatable bonds is 2. The summed E-state index contributed by atoms with van der Waals surface area (Å²) in [4.78, 5) is 0. The van der Waals surface area contributed by atoms with Gasteiger partial charge in [-0.05, 0) is 27.7 Å². The molecule has 0 aromatic heterocycles. The molecule has 14 heteroatoms. The zero-order valence-corrected chi connectivity index (χ0v) is 22.2. The number of halogens is 12. The van der Waals surface area contributed by atoms with E-state index >= 15 is 35.1 Å². The molecule has 0 aliphatic heterocycles. The van der Waals surface area contributed by atoms with Crippen molar-refractivity contribution in [3.63, 3.8) is 0 Å². The van der Waals surface area contributed by atoms with E-state index in [-0.39, 0.29) is 0 Å². The smallest absolute Gasteiger partial charge is 0.198 e. The molecule has 4 aromatic carbocycles. The van der Waals surface area contributed by atoms with Gasteiger partial charge in [-0.15, -0.1) is 0 Å². The molecular weight excluding hydrogens is 604 g/mol. The van der Waals surface area contributed by atoms with Gasteiger partial charge in [-0.2, -0.15) is 0 Å². The summed E-state index contributed by atoms with van der Waals surface area (Å²) in [6, 6.07) is 0. The van der Waals surface area contributed by atoms with Crippen LogP contribution in [-0.4, -0.2) is 0 Å². The van der Waals surface area contributed by atoms with Crippen LogP contribution < -0.4 is 11.5 Å². The van der Waals surface area contributed by atoms with Crippen LogP contribution in [0.15, 0.2) is 0 Å². The summed E-state index contributed by atoms with van der Waals surface area (Å²) in [5.41, 5.74) is -8.28. The van der Waals surface area contributed by atoms with Gasteiger partial charge in [-0.25, -0.2) is 52.7 Å². The Morgan fingerprint density at radius 1 is 0.326 bits per heavy atom. The van der Waals surface area contributed by atoms with Crippen molar-refractivity contribution in [3.8, 4) is 11.1 Å². The monoisotopic (exact) mass is 620 g/mol. The molecule has 0 unspecified atom stereocenters. The van der Waals surface area contributed by atoms with Crippen molar-refractivity contribution in [2.75, 3.05) is 11.5 Å². The number of nitrogens with two attached hydrogens (primary N) is 2. The van der Waals surface area contributed by atoms with Crippen molar-refractivity contribution in [3.05, 3.63) is 114 Å². The van der Waals surface area contributed by atoms with E-state index in [1.165, 1.54) is 0 Å². The summed E-state index contributed by atoms with van der Waals surface area (Å²) < 4.78 is 187. The number of hydrogen-bond donors (Lipinski definition) is 2. The first-order chi connectivity index (χ1) is 19.9. The fourth-order valence-corrected chi connectivity index (χ4v) is 5.82. The fourth-order valence-electron chi connectivity index (χ4n) is 5.82. The van der Waals surface area contributed by atoms with E-state index in [0.717, 1.165) is 27.7 Å². The molecule has 0 spiro atoms. The molecule has 43 heavy (non-hydrogen) atoms. The Labute approximate surface area is 234 Å². The molecule has 1 aliphatic rings. The molecule has 5 rings (SSSR count). The fraction of sp³-hybridized carbons (Fsp3) is 0.172. The van der Waals surface area contributed by atoms with E-state index in [0.29, 0.717) is 0 Å². The van der Waals surface area contributed by atoms with Crippen LogP contribution in [0.1, 0.15) is 44.5 Å². The molecule has 0 radical (unpaired) electrons. The molecule has 0 saturated carbocycles. The minimum Gasteiger partial charge on any atom is -0.398 e. The summed E-state index contributed by atoms with van der Waals surface area (Å²) in [6.07, 6.45) is 0. The minimum atomic E-state index is -4.07. The van der Waals surface area contributed by atoms with E-state index in [2.05, 4.69) is 0 Å². The van der Waals surface area contributed by atoms with Crippen molar-refractivity contribution in [1.29, 1.82) is 0 Å². The minimum absolute atomic E-state index is 0.633. The van der Waals surface area contributed by atoms with E-state index in [1.54, 1.807) is 0 Å². The third kappa shape index (κ3) is 3.34. The normalized spacial score (nSPS) is 13.5. The lowest BCUT2D eigenvalue weighted by Crippen LogP contribution is -2.37. The molecule has 0 amide bonds. The van der Waals surface area contributed by atoms with Crippen LogP contribution in [0.4, 0.5) is 64.1 Å². The molecule has 226 valence electrons. The molecule has 0 saturated heterocycles. The van der Waals surface area contributed by atoms with Gasteiger partial charge in [0.1, 0.15) is 23.3 Å². The largest absolute Gasteiger partial charge is 0.398 e. The number of nitrogen functional groups attached to an aromatic ring is 2. The predicted octanol–water partition coefficient (Wildman–Crippen LogP) is 8.12. The molecule has 2 nitrogen and oxygen atoms in total. The highest BCUT2D eigenvalue weighted by Gasteiger charge is 2.60. The third-order valence-electron chi connectivity index (χ3n) is 8.10. The van der Waals surface area contributed by atoms with Gasteiger partial charge >= 0.3 is 0 Å². The molecule has 0 atom stereocenters. The Hall–Kier alpha value is -4.36. The Balaban J connectivity index is 2.34. The first-order valence-electron chi connectivity index (χ1n) is 12.1. The first-order valence-corrected chi connectivity index (χ1v) is 12.1. The molecule has 4 N–H and O–H groups in total. The summed E-state index contributed by atoms with van der Waals surface area (Å²) in [7, 11) is 0. The maximum atomic E-state index is 16.3. The van der Waals surface area contributed by atoms with E-state index in [9.17, 15) is 17.6 Å². The highest BCUT2D eigenvalue weighted by molar-refractivity contribution is 5.89. The van der Waals surface area contributed by atoms with Crippen molar-refractivity contribution in [1.82, 2.24) is 0 Å². The second-order valence-corrected chi connectivity index (χ2v) is 10.1. The average molecular weight is 620 g/mol. The molecule has 4 aromatic rings. The van der Waals surface area contributed by atoms with Crippen molar-refractivity contribution in [2.45, 2.75) is 33.1 Å². The lowest BCUT2D eigenvalue weighted by Gasteiger charge is -2.36. The van der Waals surface area contributed by atoms with E-state index in [4.69, 9.17) is 11.5 Å². The molecule has 1 aliphatic carbocycles. The number of hydrogen-bond acceptors (Lipinski definition) is 2. The van der Waals surface area contributed by atoms with Crippen LogP contribution in [0.5, 0.6) is 0 Å². The van der Waals surface area contributed by atoms with E-state index in [1.807, 2.05) is 0 Å². The zero-order chi connectivity index (χ0) is 32.4. The highest BCUT2D eigenvalue weighted by Crippen LogP contribution is 2.62. The SMILES string of the molecule is Cc1c(N)c(C)c(F)c(C2(c3c(F)c(C)c(N)c(C)c3F)c3c(F)c(F)c(F)c(F)c3-c3c(F)c(F)c(F)c(F)c32)c1F. The van der Waals surface area contributed by atoms with Crippen LogP contribution in [0.2, 0.25) is 0 Å². The van der Waals surface area contributed by atoms with Gasteiger partial charge in [0.2, 0.25) is 0 Å². The number of anilines is 2. The van der Waals surface area contributed by atoms with Gasteiger partial charge in [-0.3, -0.25) is 0 Å². The molecular formula is C29H16F12N2. The summed E-state index contributed by atoms with van der Waals surface area (Å²) in [5, 5.41) is 0. The number of benzene rings is 4.